The predicted octanol–water partition coefficient (Wildman–Crippen LogP) is 2.04. The lowest BCUT2D eigenvalue weighted by molar-refractivity contribution is -0.117. The van der Waals surface area contributed by atoms with Gasteiger partial charge in [-0.25, -0.2) is 0 Å². The smallest absolute Gasteiger partial charge is 0.238 e. The summed E-state index contributed by atoms with van der Waals surface area (Å²) < 4.78 is 5.37. The molecule has 0 spiro atoms. The lowest BCUT2D eigenvalue weighted by atomic mass is 10.1. The van der Waals surface area contributed by atoms with Crippen molar-refractivity contribution in [2.45, 2.75) is 26.7 Å². The number of carbonyl (C=O) groups is 1. The van der Waals surface area contributed by atoms with E-state index in [-0.39, 0.29) is 5.91 Å². The van der Waals surface area contributed by atoms with Crippen LogP contribution in [0.1, 0.15) is 24.5 Å². The Kier molecular flexibility index (Phi) is 8.56. The molecule has 1 N–H and O–H groups in total. The van der Waals surface area contributed by atoms with Gasteiger partial charge in [-0.15, -0.1) is 0 Å². The molecule has 1 amide bonds. The van der Waals surface area contributed by atoms with Gasteiger partial charge < -0.3 is 10.1 Å². The number of hydrogen-bond donors (Lipinski definition) is 1. The first kappa shape index (κ1) is 20.4. The molecule has 0 atom stereocenters. The molecular weight excluding hydrogens is 328 g/mol. The van der Waals surface area contributed by atoms with Crippen LogP contribution in [0.15, 0.2) is 18.2 Å². The lowest BCUT2D eigenvalue weighted by Crippen LogP contribution is -2.43. The second-order valence-corrected chi connectivity index (χ2v) is 6.65. The van der Waals surface area contributed by atoms with Gasteiger partial charge in [0.25, 0.3) is 0 Å². The van der Waals surface area contributed by atoms with Gasteiger partial charge >= 0.3 is 0 Å². The molecule has 1 aliphatic rings. The molecule has 142 valence electrons. The van der Waals surface area contributed by atoms with Crippen molar-refractivity contribution in [3.63, 3.8) is 0 Å². The van der Waals surface area contributed by atoms with Crippen LogP contribution in [-0.4, -0.2) is 68.2 Å². The molecule has 1 aliphatic heterocycles. The number of rotatable bonds is 9. The number of para-hydroxylation sites is 1. The molecule has 0 aliphatic carbocycles. The molecule has 0 bridgehead atoms. The van der Waals surface area contributed by atoms with Crippen molar-refractivity contribution < 1.29 is 9.53 Å². The summed E-state index contributed by atoms with van der Waals surface area (Å²) in [5.41, 5.74) is 3.15. The van der Waals surface area contributed by atoms with E-state index in [1.54, 1.807) is 0 Å². The molecule has 0 aromatic heterocycles. The molecule has 26 heavy (non-hydrogen) atoms. The van der Waals surface area contributed by atoms with Crippen molar-refractivity contribution in [3.05, 3.63) is 29.3 Å². The average molecular weight is 358 g/mol. The number of nitrogens with zero attached hydrogens (tertiary/aromatic N) is 3. The monoisotopic (exact) mass is 358 g/mol. The van der Waals surface area contributed by atoms with Crippen LogP contribution in [-0.2, 0) is 16.0 Å². The van der Waals surface area contributed by atoms with Crippen LogP contribution in [0.4, 0.5) is 5.69 Å². The Hall–Kier alpha value is -1.94. The number of morpholine rings is 1. The fraction of sp³-hybridized carbons (Fsp3) is 0.600. The van der Waals surface area contributed by atoms with Crippen LogP contribution in [0.3, 0.4) is 0 Å². The van der Waals surface area contributed by atoms with Gasteiger partial charge in [0.1, 0.15) is 0 Å². The molecule has 6 heteroatoms. The van der Waals surface area contributed by atoms with Crippen molar-refractivity contribution in [3.8, 4) is 6.07 Å². The summed E-state index contributed by atoms with van der Waals surface area (Å²) in [6.07, 6.45) is 1.31. The third kappa shape index (κ3) is 6.41. The number of nitriles is 1. The largest absolute Gasteiger partial charge is 0.379 e. The Labute approximate surface area is 156 Å². The molecule has 0 saturated carbocycles. The summed E-state index contributed by atoms with van der Waals surface area (Å²) in [4.78, 5) is 17.0. The average Bonchev–Trinajstić information content (AvgIpc) is 2.66. The topological polar surface area (TPSA) is 68.6 Å². The van der Waals surface area contributed by atoms with Crippen LogP contribution in [0.5, 0.6) is 0 Å². The third-order valence-electron chi connectivity index (χ3n) is 4.75. The molecule has 1 fully saturated rings. The van der Waals surface area contributed by atoms with E-state index < -0.39 is 0 Å². The summed E-state index contributed by atoms with van der Waals surface area (Å²) in [5, 5.41) is 12.0. The highest BCUT2D eigenvalue weighted by Crippen LogP contribution is 2.21. The maximum Gasteiger partial charge on any atom is 0.238 e. The van der Waals surface area contributed by atoms with Crippen LogP contribution >= 0.6 is 0 Å². The van der Waals surface area contributed by atoms with Crippen molar-refractivity contribution in [1.29, 1.82) is 5.26 Å². The van der Waals surface area contributed by atoms with Gasteiger partial charge in [0.2, 0.25) is 5.91 Å². The zero-order valence-corrected chi connectivity index (χ0v) is 16.0. The number of anilines is 1. The van der Waals surface area contributed by atoms with E-state index in [4.69, 9.17) is 10.00 Å². The van der Waals surface area contributed by atoms with E-state index in [1.165, 1.54) is 0 Å². The van der Waals surface area contributed by atoms with Gasteiger partial charge in [-0.2, -0.15) is 5.26 Å². The minimum atomic E-state index is -0.0195. The molecule has 1 aromatic rings. The van der Waals surface area contributed by atoms with E-state index in [2.05, 4.69) is 34.2 Å². The van der Waals surface area contributed by atoms with E-state index >= 15 is 0 Å². The van der Waals surface area contributed by atoms with Gasteiger partial charge in [0.15, 0.2) is 0 Å². The molecule has 2 rings (SSSR count). The van der Waals surface area contributed by atoms with Crippen molar-refractivity contribution >= 4 is 11.6 Å². The third-order valence-corrected chi connectivity index (χ3v) is 4.75. The van der Waals surface area contributed by atoms with Crippen LogP contribution < -0.4 is 5.32 Å². The van der Waals surface area contributed by atoms with E-state index in [0.717, 1.165) is 62.6 Å². The minimum Gasteiger partial charge on any atom is -0.379 e. The minimum absolute atomic E-state index is 0.0195. The fourth-order valence-electron chi connectivity index (χ4n) is 3.17. The first-order valence-corrected chi connectivity index (χ1v) is 9.41. The van der Waals surface area contributed by atoms with E-state index in [9.17, 15) is 4.79 Å². The maximum atomic E-state index is 12.6. The second-order valence-electron chi connectivity index (χ2n) is 6.65. The first-order valence-electron chi connectivity index (χ1n) is 9.41. The fourth-order valence-corrected chi connectivity index (χ4v) is 3.17. The number of ether oxygens (including phenoxy) is 1. The highest BCUT2D eigenvalue weighted by molar-refractivity contribution is 5.93. The van der Waals surface area contributed by atoms with E-state index in [0.29, 0.717) is 19.5 Å². The number of hydrogen-bond acceptors (Lipinski definition) is 5. The maximum absolute atomic E-state index is 12.6. The molecular formula is C20H30N4O2. The van der Waals surface area contributed by atoms with Gasteiger partial charge in [-0.1, -0.05) is 25.1 Å². The Morgan fingerprint density at radius 3 is 2.81 bits per heavy atom. The molecule has 1 aromatic carbocycles. The molecule has 6 nitrogen and oxygen atoms in total. The zero-order valence-electron chi connectivity index (χ0n) is 16.0. The van der Waals surface area contributed by atoms with Crippen molar-refractivity contribution in [2.24, 2.45) is 0 Å². The van der Waals surface area contributed by atoms with Gasteiger partial charge in [0, 0.05) is 44.8 Å². The summed E-state index contributed by atoms with van der Waals surface area (Å²) in [5.74, 6) is -0.0195. The standard InChI is InChI=1S/C20H30N4O2/c1-3-18-7-4-6-17(2)20(18)22-19(25)16-24(9-5-8-21)11-10-23-12-14-26-15-13-23/h4,6-7H,3,5,9-16H2,1-2H3,(H,22,25). The highest BCUT2D eigenvalue weighted by Gasteiger charge is 2.16. The van der Waals surface area contributed by atoms with Crippen molar-refractivity contribution in [1.82, 2.24) is 9.80 Å². The number of amides is 1. The molecule has 0 unspecified atom stereocenters. The summed E-state index contributed by atoms with van der Waals surface area (Å²) in [6.45, 7) is 10.1. The SMILES string of the molecule is CCc1cccc(C)c1NC(=O)CN(CCC#N)CCN1CCOCC1. The Morgan fingerprint density at radius 1 is 1.35 bits per heavy atom. The Balaban J connectivity index is 1.91. The van der Waals surface area contributed by atoms with Crippen molar-refractivity contribution in [2.75, 3.05) is 57.8 Å². The van der Waals surface area contributed by atoms with Gasteiger partial charge in [0.05, 0.1) is 25.8 Å². The summed E-state index contributed by atoms with van der Waals surface area (Å²) in [6, 6.07) is 8.26. The molecule has 0 radical (unpaired) electrons. The summed E-state index contributed by atoms with van der Waals surface area (Å²) >= 11 is 0. The highest BCUT2D eigenvalue weighted by atomic mass is 16.5. The molecule has 1 heterocycles. The van der Waals surface area contributed by atoms with E-state index in [1.807, 2.05) is 19.1 Å². The van der Waals surface area contributed by atoms with Crippen LogP contribution in [0.2, 0.25) is 0 Å². The number of aryl methyl sites for hydroxylation is 2. The Morgan fingerprint density at radius 2 is 2.12 bits per heavy atom. The predicted molar refractivity (Wildman–Crippen MR) is 103 cm³/mol. The quantitative estimate of drug-likeness (QED) is 0.732. The zero-order chi connectivity index (χ0) is 18.8. The second kappa shape index (κ2) is 10.9. The summed E-state index contributed by atoms with van der Waals surface area (Å²) in [7, 11) is 0. The molecule has 1 saturated heterocycles. The normalized spacial score (nSPS) is 15.0. The number of carbonyl (C=O) groups excluding carboxylic acids is 1. The Bertz CT molecular complexity index is 621. The van der Waals surface area contributed by atoms with Gasteiger partial charge in [-0.05, 0) is 24.5 Å². The lowest BCUT2D eigenvalue weighted by Gasteiger charge is -2.29. The van der Waals surface area contributed by atoms with Gasteiger partial charge in [-0.3, -0.25) is 14.6 Å². The van der Waals surface area contributed by atoms with Crippen LogP contribution in [0.25, 0.3) is 0 Å². The van der Waals surface area contributed by atoms with Crippen LogP contribution in [0, 0.1) is 18.3 Å². The number of benzene rings is 1. The number of nitrogens with one attached hydrogen (secondary N) is 1. The first-order chi connectivity index (χ1) is 12.6.